The second-order valence-corrected chi connectivity index (χ2v) is 3.99. The molecule has 0 fully saturated rings. The van der Waals surface area contributed by atoms with Gasteiger partial charge in [0.2, 0.25) is 0 Å². The summed E-state index contributed by atoms with van der Waals surface area (Å²) in [4.78, 5) is 0. The molecule has 0 radical (unpaired) electrons. The number of hydrogen-bond donors (Lipinski definition) is 1. The van der Waals surface area contributed by atoms with E-state index in [9.17, 15) is 5.11 Å². The Bertz CT molecular complexity index is 374. The number of aliphatic hydroxyl groups excluding tert-OH is 1. The average molecular weight is 225 g/mol. The molecule has 2 nitrogen and oxygen atoms in total. The van der Waals surface area contributed by atoms with Gasteiger partial charge in [-0.05, 0) is 36.6 Å². The number of rotatable bonds is 2. The van der Waals surface area contributed by atoms with Crippen LogP contribution in [0.1, 0.15) is 24.5 Å². The highest BCUT2D eigenvalue weighted by Crippen LogP contribution is 2.27. The van der Waals surface area contributed by atoms with E-state index in [1.807, 2.05) is 18.2 Å². The molecular formula is C12H13ClO2. The Kier molecular flexibility index (Phi) is 3.29. The summed E-state index contributed by atoms with van der Waals surface area (Å²) < 4.78 is 5.40. The van der Waals surface area contributed by atoms with Crippen LogP contribution in [0.2, 0.25) is 5.02 Å². The summed E-state index contributed by atoms with van der Waals surface area (Å²) in [5, 5.41) is 10.6. The Hall–Kier alpha value is -0.990. The molecule has 15 heavy (non-hydrogen) atoms. The van der Waals surface area contributed by atoms with Crippen molar-refractivity contribution in [2.24, 2.45) is 0 Å². The van der Waals surface area contributed by atoms with Crippen molar-refractivity contribution < 1.29 is 9.84 Å². The number of hydrogen-bond acceptors (Lipinski definition) is 2. The predicted molar refractivity (Wildman–Crippen MR) is 59.7 cm³/mol. The average Bonchev–Trinajstić information content (AvgIpc) is 2.29. The molecule has 1 aromatic rings. The van der Waals surface area contributed by atoms with Crippen molar-refractivity contribution in [3.05, 3.63) is 46.7 Å². The molecule has 1 heterocycles. The Morgan fingerprint density at radius 1 is 1.40 bits per heavy atom. The maximum absolute atomic E-state index is 10.0. The number of allylic oxidation sites excluding steroid dienone is 1. The molecule has 0 saturated carbocycles. The molecule has 1 N–H and O–H groups in total. The van der Waals surface area contributed by atoms with Gasteiger partial charge in [0.1, 0.15) is 11.9 Å². The predicted octanol–water partition coefficient (Wildman–Crippen LogP) is 3.07. The first kappa shape index (κ1) is 10.5. The van der Waals surface area contributed by atoms with Crippen LogP contribution in [0.15, 0.2) is 36.1 Å². The molecular weight excluding hydrogens is 212 g/mol. The highest BCUT2D eigenvalue weighted by atomic mass is 35.5. The molecule has 3 heteroatoms. The standard InChI is InChI=1S/C12H13ClO2/c13-10-5-3-4-9(8-10)12(14)11-6-1-2-7-15-11/h3-6,8,12,14H,1-2,7H2. The molecule has 0 amide bonds. The van der Waals surface area contributed by atoms with Crippen LogP contribution in [0.25, 0.3) is 0 Å². The molecule has 0 aliphatic carbocycles. The van der Waals surface area contributed by atoms with Gasteiger partial charge in [-0.2, -0.15) is 0 Å². The van der Waals surface area contributed by atoms with E-state index in [0.717, 1.165) is 18.4 Å². The third-order valence-electron chi connectivity index (χ3n) is 2.40. The number of ether oxygens (including phenoxy) is 1. The summed E-state index contributed by atoms with van der Waals surface area (Å²) in [7, 11) is 0. The Labute approximate surface area is 94.1 Å². The third kappa shape index (κ3) is 2.52. The lowest BCUT2D eigenvalue weighted by molar-refractivity contribution is 0.0918. The van der Waals surface area contributed by atoms with Crippen LogP contribution in [0.3, 0.4) is 0 Å². The van der Waals surface area contributed by atoms with Crippen LogP contribution in [-0.4, -0.2) is 11.7 Å². The maximum atomic E-state index is 10.0. The van der Waals surface area contributed by atoms with Gasteiger partial charge in [0, 0.05) is 5.02 Å². The first-order chi connectivity index (χ1) is 7.27. The van der Waals surface area contributed by atoms with Gasteiger partial charge in [-0.3, -0.25) is 0 Å². The summed E-state index contributed by atoms with van der Waals surface area (Å²) in [6, 6.07) is 7.21. The van der Waals surface area contributed by atoms with Gasteiger partial charge in [-0.1, -0.05) is 23.7 Å². The number of aliphatic hydroxyl groups is 1. The largest absolute Gasteiger partial charge is 0.495 e. The van der Waals surface area contributed by atoms with E-state index in [1.165, 1.54) is 0 Å². The van der Waals surface area contributed by atoms with Crippen LogP contribution in [0.5, 0.6) is 0 Å². The summed E-state index contributed by atoms with van der Waals surface area (Å²) >= 11 is 5.86. The topological polar surface area (TPSA) is 29.5 Å². The molecule has 1 unspecified atom stereocenters. The molecule has 80 valence electrons. The number of halogens is 1. The summed E-state index contributed by atoms with van der Waals surface area (Å²) in [5.41, 5.74) is 0.774. The highest BCUT2D eigenvalue weighted by molar-refractivity contribution is 6.30. The van der Waals surface area contributed by atoms with Crippen LogP contribution < -0.4 is 0 Å². The second kappa shape index (κ2) is 4.69. The monoisotopic (exact) mass is 224 g/mol. The van der Waals surface area contributed by atoms with Gasteiger partial charge < -0.3 is 9.84 Å². The summed E-state index contributed by atoms with van der Waals surface area (Å²) in [6.07, 6.45) is 3.23. The molecule has 1 aliphatic heterocycles. The van der Waals surface area contributed by atoms with Crippen LogP contribution in [0, 0.1) is 0 Å². The molecule has 1 aliphatic rings. The zero-order valence-corrected chi connectivity index (χ0v) is 9.07. The van der Waals surface area contributed by atoms with Gasteiger partial charge in [0.05, 0.1) is 6.61 Å². The van der Waals surface area contributed by atoms with E-state index >= 15 is 0 Å². The molecule has 2 rings (SSSR count). The second-order valence-electron chi connectivity index (χ2n) is 3.55. The van der Waals surface area contributed by atoms with E-state index in [2.05, 4.69) is 0 Å². The first-order valence-electron chi connectivity index (χ1n) is 5.04. The van der Waals surface area contributed by atoms with Crippen molar-refractivity contribution in [1.82, 2.24) is 0 Å². The molecule has 1 atom stereocenters. The minimum Gasteiger partial charge on any atom is -0.495 e. The van der Waals surface area contributed by atoms with E-state index in [4.69, 9.17) is 16.3 Å². The fraction of sp³-hybridized carbons (Fsp3) is 0.333. The smallest absolute Gasteiger partial charge is 0.136 e. The maximum Gasteiger partial charge on any atom is 0.136 e. The molecule has 0 spiro atoms. The van der Waals surface area contributed by atoms with E-state index in [1.54, 1.807) is 12.1 Å². The van der Waals surface area contributed by atoms with Crippen molar-refractivity contribution >= 4 is 11.6 Å². The van der Waals surface area contributed by atoms with Gasteiger partial charge in [0.15, 0.2) is 0 Å². The SMILES string of the molecule is OC(C1=CCCCO1)c1cccc(Cl)c1. The third-order valence-corrected chi connectivity index (χ3v) is 2.63. The Morgan fingerprint density at radius 2 is 2.27 bits per heavy atom. The molecule has 0 saturated heterocycles. The lowest BCUT2D eigenvalue weighted by atomic mass is 10.1. The first-order valence-corrected chi connectivity index (χ1v) is 5.41. The lowest BCUT2D eigenvalue weighted by Gasteiger charge is -2.20. The van der Waals surface area contributed by atoms with Gasteiger partial charge in [-0.15, -0.1) is 0 Å². The number of benzene rings is 1. The Morgan fingerprint density at radius 3 is 2.93 bits per heavy atom. The van der Waals surface area contributed by atoms with E-state index in [0.29, 0.717) is 17.4 Å². The minimum atomic E-state index is -0.691. The fourth-order valence-corrected chi connectivity index (χ4v) is 1.81. The Balaban J connectivity index is 2.19. The minimum absolute atomic E-state index is 0.628. The normalized spacial score (nSPS) is 17.9. The zero-order chi connectivity index (χ0) is 10.7. The summed E-state index contributed by atoms with van der Waals surface area (Å²) in [6.45, 7) is 0.684. The van der Waals surface area contributed by atoms with Crippen LogP contribution in [-0.2, 0) is 4.74 Å². The van der Waals surface area contributed by atoms with E-state index < -0.39 is 6.10 Å². The van der Waals surface area contributed by atoms with E-state index in [-0.39, 0.29) is 0 Å². The van der Waals surface area contributed by atoms with Crippen molar-refractivity contribution in [2.75, 3.05) is 6.61 Å². The molecule has 1 aromatic carbocycles. The van der Waals surface area contributed by atoms with Gasteiger partial charge >= 0.3 is 0 Å². The fourth-order valence-electron chi connectivity index (χ4n) is 1.61. The zero-order valence-electron chi connectivity index (χ0n) is 8.32. The van der Waals surface area contributed by atoms with Crippen LogP contribution in [0.4, 0.5) is 0 Å². The van der Waals surface area contributed by atoms with Gasteiger partial charge in [0.25, 0.3) is 0 Å². The van der Waals surface area contributed by atoms with Crippen molar-refractivity contribution in [3.8, 4) is 0 Å². The highest BCUT2D eigenvalue weighted by Gasteiger charge is 2.16. The lowest BCUT2D eigenvalue weighted by Crippen LogP contribution is -2.09. The summed E-state index contributed by atoms with van der Waals surface area (Å²) in [5.74, 6) is 0.642. The van der Waals surface area contributed by atoms with Gasteiger partial charge in [-0.25, -0.2) is 0 Å². The quantitative estimate of drug-likeness (QED) is 0.837. The molecule has 0 bridgehead atoms. The van der Waals surface area contributed by atoms with Crippen molar-refractivity contribution in [3.63, 3.8) is 0 Å². The molecule has 0 aromatic heterocycles. The van der Waals surface area contributed by atoms with Crippen molar-refractivity contribution in [2.45, 2.75) is 18.9 Å². The van der Waals surface area contributed by atoms with Crippen molar-refractivity contribution in [1.29, 1.82) is 0 Å². The van der Waals surface area contributed by atoms with Crippen LogP contribution >= 0.6 is 11.6 Å².